The first kappa shape index (κ1) is 13.0. The molecule has 1 N–H and O–H groups in total. The fourth-order valence-electron chi connectivity index (χ4n) is 1.22. The Bertz CT molecular complexity index is 379. The Morgan fingerprint density at radius 2 is 2.25 bits per heavy atom. The fourth-order valence-corrected chi connectivity index (χ4v) is 2.18. The molecular formula is C12H15FO2S. The lowest BCUT2D eigenvalue weighted by atomic mass is 10.1. The molecule has 0 aliphatic rings. The van der Waals surface area contributed by atoms with Gasteiger partial charge in [-0.3, -0.25) is 0 Å². The summed E-state index contributed by atoms with van der Waals surface area (Å²) in [5, 5.41) is 9.42. The maximum atomic E-state index is 12.9. The van der Waals surface area contributed by atoms with E-state index < -0.39 is 11.8 Å². The van der Waals surface area contributed by atoms with Crippen molar-refractivity contribution < 1.29 is 14.3 Å². The zero-order chi connectivity index (χ0) is 12.1. The summed E-state index contributed by atoms with van der Waals surface area (Å²) in [4.78, 5) is 10.9. The van der Waals surface area contributed by atoms with Crippen molar-refractivity contribution in [3.8, 4) is 0 Å². The van der Waals surface area contributed by atoms with Gasteiger partial charge in [0.05, 0.1) is 5.56 Å². The van der Waals surface area contributed by atoms with Gasteiger partial charge in [0.15, 0.2) is 0 Å². The highest BCUT2D eigenvalue weighted by molar-refractivity contribution is 7.99. The Morgan fingerprint density at radius 1 is 1.56 bits per heavy atom. The lowest BCUT2D eigenvalue weighted by molar-refractivity contribution is 0.0695. The van der Waals surface area contributed by atoms with E-state index in [1.807, 2.05) is 0 Å². The van der Waals surface area contributed by atoms with Crippen molar-refractivity contribution in [2.24, 2.45) is 0 Å². The predicted octanol–water partition coefficient (Wildman–Crippen LogP) is 3.56. The van der Waals surface area contributed by atoms with E-state index in [0.29, 0.717) is 16.6 Å². The fraction of sp³-hybridized carbons (Fsp3) is 0.417. The van der Waals surface area contributed by atoms with Gasteiger partial charge >= 0.3 is 5.97 Å². The molecule has 88 valence electrons. The van der Waals surface area contributed by atoms with Crippen LogP contribution in [0.25, 0.3) is 0 Å². The third kappa shape index (κ3) is 3.52. The minimum Gasteiger partial charge on any atom is -0.478 e. The van der Waals surface area contributed by atoms with E-state index in [1.165, 1.54) is 6.07 Å². The second-order valence-corrected chi connectivity index (χ2v) is 5.06. The molecule has 1 unspecified atom stereocenters. The van der Waals surface area contributed by atoms with Gasteiger partial charge in [-0.15, -0.1) is 0 Å². The van der Waals surface area contributed by atoms with Crippen LogP contribution in [0.2, 0.25) is 0 Å². The van der Waals surface area contributed by atoms with Gasteiger partial charge in [0.1, 0.15) is 5.82 Å². The van der Waals surface area contributed by atoms with Crippen LogP contribution in [0.5, 0.6) is 0 Å². The molecule has 0 bridgehead atoms. The van der Waals surface area contributed by atoms with E-state index in [-0.39, 0.29) is 5.56 Å². The molecule has 0 spiro atoms. The van der Waals surface area contributed by atoms with Crippen LogP contribution in [-0.4, -0.2) is 16.3 Å². The van der Waals surface area contributed by atoms with Gasteiger partial charge in [0, 0.05) is 11.0 Å². The van der Waals surface area contributed by atoms with Gasteiger partial charge in [-0.2, -0.15) is 11.8 Å². The highest BCUT2D eigenvalue weighted by atomic mass is 32.2. The number of carboxylic acids is 1. The highest BCUT2D eigenvalue weighted by Crippen LogP contribution is 2.22. The largest absolute Gasteiger partial charge is 0.478 e. The molecule has 4 heteroatoms. The first-order chi connectivity index (χ1) is 7.54. The third-order valence-corrected chi connectivity index (χ3v) is 3.78. The molecule has 0 aliphatic carbocycles. The van der Waals surface area contributed by atoms with E-state index in [0.717, 1.165) is 12.5 Å². The summed E-state index contributed by atoms with van der Waals surface area (Å²) in [6, 6.07) is 3.93. The van der Waals surface area contributed by atoms with E-state index in [1.54, 1.807) is 17.8 Å². The van der Waals surface area contributed by atoms with Crippen molar-refractivity contribution in [2.75, 3.05) is 0 Å². The average Bonchev–Trinajstić information content (AvgIpc) is 2.26. The second kappa shape index (κ2) is 5.89. The summed E-state index contributed by atoms with van der Waals surface area (Å²) in [6.07, 6.45) is 1.04. The van der Waals surface area contributed by atoms with Crippen LogP contribution in [0, 0.1) is 5.82 Å². The Balaban J connectivity index is 2.82. The van der Waals surface area contributed by atoms with Crippen LogP contribution in [0.3, 0.4) is 0 Å². The lowest BCUT2D eigenvalue weighted by Gasteiger charge is -2.10. The summed E-state index contributed by atoms with van der Waals surface area (Å²) >= 11 is 1.68. The Morgan fingerprint density at radius 3 is 2.81 bits per heavy atom. The molecule has 16 heavy (non-hydrogen) atoms. The molecule has 1 atom stereocenters. The molecule has 2 nitrogen and oxygen atoms in total. The minimum absolute atomic E-state index is 0.0656. The van der Waals surface area contributed by atoms with Crippen molar-refractivity contribution in [3.63, 3.8) is 0 Å². The van der Waals surface area contributed by atoms with Crippen molar-refractivity contribution in [3.05, 3.63) is 35.1 Å². The standard InChI is InChI=1S/C12H15FO2S/c1-3-8(2)16-7-9-4-5-10(13)6-11(9)12(14)15/h4-6,8H,3,7H2,1-2H3,(H,14,15). The molecule has 0 saturated carbocycles. The Hall–Kier alpha value is -1.03. The van der Waals surface area contributed by atoms with E-state index in [4.69, 9.17) is 5.11 Å². The monoisotopic (exact) mass is 242 g/mol. The van der Waals surface area contributed by atoms with Gasteiger partial charge in [0.2, 0.25) is 0 Å². The molecule has 1 aromatic carbocycles. The molecule has 0 fully saturated rings. The average molecular weight is 242 g/mol. The summed E-state index contributed by atoms with van der Waals surface area (Å²) in [5.74, 6) is -0.967. The SMILES string of the molecule is CCC(C)SCc1ccc(F)cc1C(=O)O. The van der Waals surface area contributed by atoms with Gasteiger partial charge in [-0.25, -0.2) is 9.18 Å². The number of hydrogen-bond acceptors (Lipinski definition) is 2. The van der Waals surface area contributed by atoms with E-state index in [2.05, 4.69) is 13.8 Å². The predicted molar refractivity (Wildman–Crippen MR) is 64.4 cm³/mol. The van der Waals surface area contributed by atoms with Gasteiger partial charge < -0.3 is 5.11 Å². The van der Waals surface area contributed by atoms with Gasteiger partial charge in [-0.1, -0.05) is 19.9 Å². The van der Waals surface area contributed by atoms with Crippen molar-refractivity contribution in [2.45, 2.75) is 31.3 Å². The Kier molecular flexibility index (Phi) is 4.80. The molecule has 0 saturated heterocycles. The summed E-state index contributed by atoms with van der Waals surface area (Å²) in [6.45, 7) is 4.18. The summed E-state index contributed by atoms with van der Waals surface area (Å²) in [5.41, 5.74) is 0.745. The molecule has 0 heterocycles. The molecule has 0 radical (unpaired) electrons. The smallest absolute Gasteiger partial charge is 0.336 e. The molecule has 1 rings (SSSR count). The number of aromatic carboxylic acids is 1. The normalized spacial score (nSPS) is 12.4. The lowest BCUT2D eigenvalue weighted by Crippen LogP contribution is -2.03. The van der Waals surface area contributed by atoms with Crippen molar-refractivity contribution >= 4 is 17.7 Å². The van der Waals surface area contributed by atoms with E-state index >= 15 is 0 Å². The minimum atomic E-state index is -1.07. The molecule has 1 aromatic rings. The van der Waals surface area contributed by atoms with Crippen LogP contribution in [-0.2, 0) is 5.75 Å². The number of halogens is 1. The number of thioether (sulfide) groups is 1. The molecule has 0 aromatic heterocycles. The number of hydrogen-bond donors (Lipinski definition) is 1. The summed E-state index contributed by atoms with van der Waals surface area (Å²) in [7, 11) is 0. The maximum Gasteiger partial charge on any atom is 0.336 e. The molecule has 0 aliphatic heterocycles. The number of carbonyl (C=O) groups is 1. The first-order valence-corrected chi connectivity index (χ1v) is 6.22. The van der Waals surface area contributed by atoms with Crippen LogP contribution >= 0.6 is 11.8 Å². The Labute approximate surface area is 98.9 Å². The van der Waals surface area contributed by atoms with Gasteiger partial charge in [0.25, 0.3) is 0 Å². The number of carboxylic acid groups (broad SMARTS) is 1. The molecular weight excluding hydrogens is 227 g/mol. The van der Waals surface area contributed by atoms with Crippen molar-refractivity contribution in [1.29, 1.82) is 0 Å². The summed E-state index contributed by atoms with van der Waals surface area (Å²) < 4.78 is 12.9. The topological polar surface area (TPSA) is 37.3 Å². The van der Waals surface area contributed by atoms with Crippen LogP contribution in [0.15, 0.2) is 18.2 Å². The van der Waals surface area contributed by atoms with Gasteiger partial charge in [-0.05, 0) is 24.1 Å². The van der Waals surface area contributed by atoms with Crippen LogP contribution in [0.4, 0.5) is 4.39 Å². The first-order valence-electron chi connectivity index (χ1n) is 5.18. The van der Waals surface area contributed by atoms with E-state index in [9.17, 15) is 9.18 Å². The third-order valence-electron chi connectivity index (χ3n) is 2.40. The second-order valence-electron chi connectivity index (χ2n) is 3.64. The zero-order valence-corrected chi connectivity index (χ0v) is 10.2. The van der Waals surface area contributed by atoms with Crippen LogP contribution < -0.4 is 0 Å². The van der Waals surface area contributed by atoms with Crippen LogP contribution in [0.1, 0.15) is 36.2 Å². The zero-order valence-electron chi connectivity index (χ0n) is 9.37. The highest BCUT2D eigenvalue weighted by Gasteiger charge is 2.12. The quantitative estimate of drug-likeness (QED) is 0.857. The maximum absolute atomic E-state index is 12.9. The number of rotatable bonds is 5. The molecule has 0 amide bonds. The van der Waals surface area contributed by atoms with Crippen molar-refractivity contribution in [1.82, 2.24) is 0 Å². The number of benzene rings is 1.